The minimum atomic E-state index is -0.453. The summed E-state index contributed by atoms with van der Waals surface area (Å²) >= 11 is 0. The van der Waals surface area contributed by atoms with Crippen LogP contribution in [0.3, 0.4) is 0 Å². The first-order valence-corrected chi connectivity index (χ1v) is 5.63. The van der Waals surface area contributed by atoms with Crippen LogP contribution in [-0.4, -0.2) is 16.9 Å². The van der Waals surface area contributed by atoms with Crippen LogP contribution < -0.4 is 5.32 Å². The topological polar surface area (TPSA) is 72.2 Å². The molecular weight excluding hydrogens is 232 g/mol. The van der Waals surface area contributed by atoms with E-state index in [1.165, 1.54) is 12.1 Å². The molecule has 0 bridgehead atoms. The highest BCUT2D eigenvalue weighted by Crippen LogP contribution is 2.14. The third-order valence-electron chi connectivity index (χ3n) is 2.27. The molecule has 0 aliphatic carbocycles. The number of carbonyl (C=O) groups is 1. The molecule has 0 saturated carbocycles. The molecule has 1 rings (SSSR count). The fraction of sp³-hybridized carbons (Fsp3) is 0.308. The summed E-state index contributed by atoms with van der Waals surface area (Å²) in [5, 5.41) is 13.3. The van der Waals surface area contributed by atoms with Crippen molar-refractivity contribution < 1.29 is 9.72 Å². The maximum Gasteiger partial charge on any atom is 0.269 e. The molecule has 5 heteroatoms. The van der Waals surface area contributed by atoms with E-state index in [0.717, 1.165) is 5.56 Å². The average Bonchev–Trinajstić information content (AvgIpc) is 2.28. The Labute approximate surface area is 106 Å². The largest absolute Gasteiger partial charge is 0.350 e. The van der Waals surface area contributed by atoms with Gasteiger partial charge in [0.1, 0.15) is 0 Å². The molecule has 96 valence electrons. The molecule has 0 radical (unpaired) electrons. The Bertz CT molecular complexity index is 476. The molecule has 0 saturated heterocycles. The van der Waals surface area contributed by atoms with Crippen molar-refractivity contribution in [3.63, 3.8) is 0 Å². The Morgan fingerprint density at radius 1 is 1.33 bits per heavy atom. The third-order valence-corrected chi connectivity index (χ3v) is 2.27. The molecule has 0 atom stereocenters. The van der Waals surface area contributed by atoms with Gasteiger partial charge in [-0.2, -0.15) is 0 Å². The second kappa shape index (κ2) is 5.95. The number of amides is 1. The van der Waals surface area contributed by atoms with Gasteiger partial charge in [0.05, 0.1) is 4.92 Å². The van der Waals surface area contributed by atoms with Crippen molar-refractivity contribution in [2.45, 2.75) is 26.8 Å². The number of nitro groups is 1. The monoisotopic (exact) mass is 248 g/mol. The zero-order valence-corrected chi connectivity index (χ0v) is 10.6. The summed E-state index contributed by atoms with van der Waals surface area (Å²) in [6.45, 7) is 5.48. The number of nitrogens with one attached hydrogen (secondary N) is 1. The zero-order chi connectivity index (χ0) is 13.7. The lowest BCUT2D eigenvalue weighted by Gasteiger charge is -2.08. The molecule has 1 aromatic rings. The fourth-order valence-corrected chi connectivity index (χ4v) is 1.38. The summed E-state index contributed by atoms with van der Waals surface area (Å²) in [7, 11) is 0. The van der Waals surface area contributed by atoms with E-state index < -0.39 is 4.92 Å². The number of benzene rings is 1. The van der Waals surface area contributed by atoms with E-state index in [1.807, 2.05) is 13.8 Å². The molecule has 1 aromatic carbocycles. The summed E-state index contributed by atoms with van der Waals surface area (Å²) in [4.78, 5) is 21.7. The van der Waals surface area contributed by atoms with Crippen molar-refractivity contribution in [3.8, 4) is 0 Å². The SMILES string of the molecule is CC(=Cc1ccc([N+](=O)[O-])cc1)C(=O)NC(C)C. The van der Waals surface area contributed by atoms with Crippen LogP contribution in [0.4, 0.5) is 5.69 Å². The predicted molar refractivity (Wildman–Crippen MR) is 70.0 cm³/mol. The van der Waals surface area contributed by atoms with Crippen LogP contribution in [0.2, 0.25) is 0 Å². The Balaban J connectivity index is 2.82. The highest BCUT2D eigenvalue weighted by atomic mass is 16.6. The molecule has 18 heavy (non-hydrogen) atoms. The molecule has 0 aliphatic heterocycles. The van der Waals surface area contributed by atoms with Crippen molar-refractivity contribution in [2.75, 3.05) is 0 Å². The van der Waals surface area contributed by atoms with Crippen molar-refractivity contribution in [1.29, 1.82) is 0 Å². The summed E-state index contributed by atoms with van der Waals surface area (Å²) in [5.74, 6) is -0.136. The Hall–Kier alpha value is -2.17. The molecule has 5 nitrogen and oxygen atoms in total. The Morgan fingerprint density at radius 3 is 2.33 bits per heavy atom. The first-order valence-electron chi connectivity index (χ1n) is 5.63. The number of carbonyl (C=O) groups excluding carboxylic acids is 1. The van der Waals surface area contributed by atoms with Crippen molar-refractivity contribution in [2.24, 2.45) is 0 Å². The highest BCUT2D eigenvalue weighted by molar-refractivity contribution is 5.97. The molecule has 1 amide bonds. The molecule has 0 heterocycles. The van der Waals surface area contributed by atoms with E-state index in [0.29, 0.717) is 5.57 Å². The van der Waals surface area contributed by atoms with E-state index in [1.54, 1.807) is 25.1 Å². The van der Waals surface area contributed by atoms with Gasteiger partial charge in [-0.1, -0.05) is 0 Å². The van der Waals surface area contributed by atoms with Gasteiger partial charge in [0, 0.05) is 23.7 Å². The quantitative estimate of drug-likeness (QED) is 0.505. The summed E-state index contributed by atoms with van der Waals surface area (Å²) in [6.07, 6.45) is 1.70. The lowest BCUT2D eigenvalue weighted by atomic mass is 10.1. The third kappa shape index (κ3) is 4.01. The van der Waals surface area contributed by atoms with Gasteiger partial charge in [-0.05, 0) is 44.5 Å². The van der Waals surface area contributed by atoms with Crippen LogP contribution in [-0.2, 0) is 4.79 Å². The zero-order valence-electron chi connectivity index (χ0n) is 10.6. The number of hydrogen-bond donors (Lipinski definition) is 1. The predicted octanol–water partition coefficient (Wildman–Crippen LogP) is 2.52. The van der Waals surface area contributed by atoms with E-state index >= 15 is 0 Å². The number of non-ortho nitro benzene ring substituents is 1. The first-order chi connectivity index (χ1) is 8.40. The van der Waals surface area contributed by atoms with Crippen LogP contribution in [0.15, 0.2) is 29.8 Å². The number of nitrogens with zero attached hydrogens (tertiary/aromatic N) is 1. The highest BCUT2D eigenvalue weighted by Gasteiger charge is 2.06. The van der Waals surface area contributed by atoms with Crippen LogP contribution in [0.25, 0.3) is 6.08 Å². The van der Waals surface area contributed by atoms with Gasteiger partial charge in [0.2, 0.25) is 5.91 Å². The van der Waals surface area contributed by atoms with Crippen LogP contribution in [0.1, 0.15) is 26.3 Å². The first kappa shape index (κ1) is 13.9. The molecule has 0 aromatic heterocycles. The standard InChI is InChI=1S/C13H16N2O3/c1-9(2)14-13(16)10(3)8-11-4-6-12(7-5-11)15(17)18/h4-9H,1-3H3,(H,14,16). The van der Waals surface area contributed by atoms with E-state index in [-0.39, 0.29) is 17.6 Å². The lowest BCUT2D eigenvalue weighted by molar-refractivity contribution is -0.384. The van der Waals surface area contributed by atoms with Gasteiger partial charge >= 0.3 is 0 Å². The number of hydrogen-bond acceptors (Lipinski definition) is 3. The normalized spacial score (nSPS) is 11.4. The maximum atomic E-state index is 11.6. The van der Waals surface area contributed by atoms with Gasteiger partial charge < -0.3 is 5.32 Å². The van der Waals surface area contributed by atoms with Gasteiger partial charge in [-0.15, -0.1) is 0 Å². The summed E-state index contributed by atoms with van der Waals surface area (Å²) in [6, 6.07) is 6.14. The Morgan fingerprint density at radius 2 is 1.89 bits per heavy atom. The van der Waals surface area contributed by atoms with Crippen molar-refractivity contribution >= 4 is 17.7 Å². The maximum absolute atomic E-state index is 11.6. The average molecular weight is 248 g/mol. The number of rotatable bonds is 4. The molecule has 0 unspecified atom stereocenters. The molecule has 0 aliphatic rings. The Kier molecular flexibility index (Phi) is 4.59. The molecule has 0 spiro atoms. The number of nitro benzene ring substituents is 1. The summed E-state index contributed by atoms with van der Waals surface area (Å²) in [5.41, 5.74) is 1.37. The van der Waals surface area contributed by atoms with Crippen molar-refractivity contribution in [1.82, 2.24) is 5.32 Å². The van der Waals surface area contributed by atoms with Crippen LogP contribution >= 0.6 is 0 Å². The van der Waals surface area contributed by atoms with Gasteiger partial charge in [-0.25, -0.2) is 0 Å². The van der Waals surface area contributed by atoms with Crippen LogP contribution in [0, 0.1) is 10.1 Å². The minimum Gasteiger partial charge on any atom is -0.350 e. The van der Waals surface area contributed by atoms with E-state index in [9.17, 15) is 14.9 Å². The molecular formula is C13H16N2O3. The van der Waals surface area contributed by atoms with Crippen LogP contribution in [0.5, 0.6) is 0 Å². The molecule has 0 fully saturated rings. The van der Waals surface area contributed by atoms with Gasteiger partial charge in [-0.3, -0.25) is 14.9 Å². The molecule has 1 N–H and O–H groups in total. The van der Waals surface area contributed by atoms with Gasteiger partial charge in [0.25, 0.3) is 5.69 Å². The smallest absolute Gasteiger partial charge is 0.269 e. The second-order valence-electron chi connectivity index (χ2n) is 4.30. The fourth-order valence-electron chi connectivity index (χ4n) is 1.38. The lowest BCUT2D eigenvalue weighted by Crippen LogP contribution is -2.30. The second-order valence-corrected chi connectivity index (χ2v) is 4.30. The summed E-state index contributed by atoms with van der Waals surface area (Å²) < 4.78 is 0. The van der Waals surface area contributed by atoms with Gasteiger partial charge in [0.15, 0.2) is 0 Å². The minimum absolute atomic E-state index is 0.0384. The van der Waals surface area contributed by atoms with Crippen molar-refractivity contribution in [3.05, 3.63) is 45.5 Å². The van der Waals surface area contributed by atoms with E-state index in [4.69, 9.17) is 0 Å². The van der Waals surface area contributed by atoms with E-state index in [2.05, 4.69) is 5.32 Å².